The fourth-order valence-corrected chi connectivity index (χ4v) is 2.85. The Bertz CT molecular complexity index is 617. The van der Waals surface area contributed by atoms with Crippen LogP contribution in [0.3, 0.4) is 0 Å². The molecule has 0 amide bonds. The molecular weight excluding hydrogens is 286 g/mol. The van der Waals surface area contributed by atoms with Crippen LogP contribution in [0.25, 0.3) is 0 Å². The van der Waals surface area contributed by atoms with Gasteiger partial charge in [0, 0.05) is 6.42 Å². The van der Waals surface area contributed by atoms with Gasteiger partial charge in [0.15, 0.2) is 0 Å². The van der Waals surface area contributed by atoms with E-state index >= 15 is 0 Å². The van der Waals surface area contributed by atoms with Gasteiger partial charge in [-0.2, -0.15) is 0 Å². The van der Waals surface area contributed by atoms with Crippen molar-refractivity contribution >= 4 is 17.3 Å². The molecule has 112 valence electrons. The molecule has 5 heteroatoms. The van der Waals surface area contributed by atoms with Gasteiger partial charge in [0.2, 0.25) is 0 Å². The lowest BCUT2D eigenvalue weighted by molar-refractivity contribution is 0.0701. The highest BCUT2D eigenvalue weighted by molar-refractivity contribution is 7.13. The molecule has 1 aromatic heterocycles. The number of hydrogen-bond donors (Lipinski definition) is 1. The van der Waals surface area contributed by atoms with Crippen molar-refractivity contribution in [3.8, 4) is 5.75 Å². The van der Waals surface area contributed by atoms with E-state index in [-0.39, 0.29) is 0 Å². The van der Waals surface area contributed by atoms with Crippen molar-refractivity contribution in [2.24, 2.45) is 0 Å². The first-order valence-corrected chi connectivity index (χ1v) is 7.71. The number of aromatic carboxylic acids is 1. The monoisotopic (exact) mass is 305 g/mol. The number of thiazole rings is 1. The summed E-state index contributed by atoms with van der Waals surface area (Å²) >= 11 is 1.22. The maximum Gasteiger partial charge on any atom is 0.347 e. The summed E-state index contributed by atoms with van der Waals surface area (Å²) in [7, 11) is 0. The molecule has 0 saturated carbocycles. The summed E-state index contributed by atoms with van der Waals surface area (Å²) in [6, 6.07) is 8.06. The molecule has 2 rings (SSSR count). The lowest BCUT2D eigenvalue weighted by atomic mass is 10.0. The number of nitrogens with zero attached hydrogens (tertiary/aromatic N) is 1. The number of rotatable bonds is 6. The van der Waals surface area contributed by atoms with E-state index in [1.807, 2.05) is 12.1 Å². The molecule has 0 atom stereocenters. The Morgan fingerprint density at radius 1 is 1.33 bits per heavy atom. The molecule has 0 spiro atoms. The van der Waals surface area contributed by atoms with E-state index in [1.54, 1.807) is 6.92 Å². The van der Waals surface area contributed by atoms with Gasteiger partial charge in [-0.1, -0.05) is 26.0 Å². The number of carbonyl (C=O) groups is 1. The van der Waals surface area contributed by atoms with Gasteiger partial charge in [-0.05, 0) is 30.5 Å². The Hall–Kier alpha value is -1.88. The predicted octanol–water partition coefficient (Wildman–Crippen LogP) is 3.89. The molecule has 1 aromatic carbocycles. The van der Waals surface area contributed by atoms with Crippen molar-refractivity contribution in [2.45, 2.75) is 33.1 Å². The van der Waals surface area contributed by atoms with E-state index in [0.29, 0.717) is 29.5 Å². The lowest BCUT2D eigenvalue weighted by Gasteiger charge is -2.08. The number of carboxylic acids is 1. The van der Waals surface area contributed by atoms with Crippen LogP contribution in [-0.2, 0) is 6.42 Å². The molecule has 0 aliphatic carbocycles. The van der Waals surface area contributed by atoms with Gasteiger partial charge in [0.25, 0.3) is 0 Å². The Labute approximate surface area is 128 Å². The minimum absolute atomic E-state index is 0.311. The second-order valence-electron chi connectivity index (χ2n) is 5.15. The third kappa shape index (κ3) is 4.04. The fourth-order valence-electron chi connectivity index (χ4n) is 1.96. The summed E-state index contributed by atoms with van der Waals surface area (Å²) in [5.41, 5.74) is 1.85. The Balaban J connectivity index is 1.89. The van der Waals surface area contributed by atoms with Crippen LogP contribution >= 0.6 is 11.3 Å². The Morgan fingerprint density at radius 3 is 2.52 bits per heavy atom. The van der Waals surface area contributed by atoms with Crippen molar-refractivity contribution in [3.05, 3.63) is 45.4 Å². The zero-order chi connectivity index (χ0) is 15.4. The first-order chi connectivity index (χ1) is 9.97. The molecule has 0 radical (unpaired) electrons. The third-order valence-electron chi connectivity index (χ3n) is 3.17. The minimum atomic E-state index is -0.915. The molecule has 4 nitrogen and oxygen atoms in total. The summed E-state index contributed by atoms with van der Waals surface area (Å²) in [4.78, 5) is 15.5. The first kappa shape index (κ1) is 15.5. The van der Waals surface area contributed by atoms with Gasteiger partial charge in [0.05, 0.1) is 17.3 Å². The minimum Gasteiger partial charge on any atom is -0.493 e. The predicted molar refractivity (Wildman–Crippen MR) is 83.5 cm³/mol. The highest BCUT2D eigenvalue weighted by atomic mass is 32.1. The number of hydrogen-bond acceptors (Lipinski definition) is 4. The normalized spacial score (nSPS) is 10.9. The molecule has 1 heterocycles. The fraction of sp³-hybridized carbons (Fsp3) is 0.375. The van der Waals surface area contributed by atoms with Crippen LogP contribution in [0.5, 0.6) is 5.75 Å². The first-order valence-electron chi connectivity index (χ1n) is 6.89. The molecule has 0 aliphatic rings. The van der Waals surface area contributed by atoms with E-state index in [4.69, 9.17) is 9.84 Å². The molecule has 0 aliphatic heterocycles. The summed E-state index contributed by atoms with van der Waals surface area (Å²) in [6.07, 6.45) is 0.616. The standard InChI is InChI=1S/C16H19NO3S/c1-10(2)12-4-6-13(7-5-12)20-9-8-14-17-11(3)15(21-14)16(18)19/h4-7,10H,8-9H2,1-3H3,(H,18,19). The zero-order valence-electron chi connectivity index (χ0n) is 12.4. The third-order valence-corrected chi connectivity index (χ3v) is 4.37. The number of aryl methyl sites for hydroxylation is 1. The number of carboxylic acid groups (broad SMARTS) is 1. The average molecular weight is 305 g/mol. The molecular formula is C16H19NO3S. The summed E-state index contributed by atoms with van der Waals surface area (Å²) < 4.78 is 5.67. The Kier molecular flexibility index (Phi) is 4.96. The van der Waals surface area contributed by atoms with Crippen LogP contribution in [0.4, 0.5) is 0 Å². The van der Waals surface area contributed by atoms with Crippen LogP contribution < -0.4 is 4.74 Å². The van der Waals surface area contributed by atoms with Crippen molar-refractivity contribution in [3.63, 3.8) is 0 Å². The van der Waals surface area contributed by atoms with Crippen molar-refractivity contribution in [1.82, 2.24) is 4.98 Å². The van der Waals surface area contributed by atoms with Gasteiger partial charge in [-0.25, -0.2) is 9.78 Å². The second kappa shape index (κ2) is 6.72. The van der Waals surface area contributed by atoms with Crippen LogP contribution in [0.2, 0.25) is 0 Å². The van der Waals surface area contributed by atoms with Gasteiger partial charge >= 0.3 is 5.97 Å². The smallest absolute Gasteiger partial charge is 0.347 e. The quantitative estimate of drug-likeness (QED) is 0.879. The lowest BCUT2D eigenvalue weighted by Crippen LogP contribution is -2.01. The number of aromatic nitrogens is 1. The molecule has 1 N–H and O–H groups in total. The molecule has 21 heavy (non-hydrogen) atoms. The van der Waals surface area contributed by atoms with Crippen molar-refractivity contribution in [2.75, 3.05) is 6.61 Å². The van der Waals surface area contributed by atoms with E-state index in [1.165, 1.54) is 16.9 Å². The van der Waals surface area contributed by atoms with Gasteiger partial charge < -0.3 is 9.84 Å². The van der Waals surface area contributed by atoms with E-state index in [0.717, 1.165) is 10.8 Å². The van der Waals surface area contributed by atoms with Crippen LogP contribution in [-0.4, -0.2) is 22.7 Å². The maximum atomic E-state index is 11.0. The largest absolute Gasteiger partial charge is 0.493 e. The van der Waals surface area contributed by atoms with Gasteiger partial charge in [-0.3, -0.25) is 0 Å². The summed E-state index contributed by atoms with van der Waals surface area (Å²) in [6.45, 7) is 6.52. The molecule has 0 fully saturated rings. The molecule has 0 saturated heterocycles. The molecule has 0 unspecified atom stereocenters. The van der Waals surface area contributed by atoms with Gasteiger partial charge in [0.1, 0.15) is 10.6 Å². The zero-order valence-corrected chi connectivity index (χ0v) is 13.2. The highest BCUT2D eigenvalue weighted by Gasteiger charge is 2.13. The molecule has 2 aromatic rings. The van der Waals surface area contributed by atoms with Gasteiger partial charge in [-0.15, -0.1) is 11.3 Å². The highest BCUT2D eigenvalue weighted by Crippen LogP contribution is 2.20. The Morgan fingerprint density at radius 2 is 2.00 bits per heavy atom. The van der Waals surface area contributed by atoms with Crippen LogP contribution in [0.15, 0.2) is 24.3 Å². The van der Waals surface area contributed by atoms with Crippen LogP contribution in [0.1, 0.15) is 45.7 Å². The summed E-state index contributed by atoms with van der Waals surface area (Å²) in [5, 5.41) is 9.79. The van der Waals surface area contributed by atoms with E-state index in [2.05, 4.69) is 31.0 Å². The van der Waals surface area contributed by atoms with Crippen LogP contribution in [0, 0.1) is 6.92 Å². The average Bonchev–Trinajstić information content (AvgIpc) is 2.80. The molecule has 0 bridgehead atoms. The maximum absolute atomic E-state index is 11.0. The number of ether oxygens (including phenoxy) is 1. The second-order valence-corrected chi connectivity index (χ2v) is 6.23. The summed E-state index contributed by atoms with van der Waals surface area (Å²) in [5.74, 6) is 0.416. The SMILES string of the molecule is Cc1nc(CCOc2ccc(C(C)C)cc2)sc1C(=O)O. The number of benzene rings is 1. The van der Waals surface area contributed by atoms with E-state index < -0.39 is 5.97 Å². The van der Waals surface area contributed by atoms with E-state index in [9.17, 15) is 4.79 Å². The topological polar surface area (TPSA) is 59.4 Å². The van der Waals surface area contributed by atoms with Crippen molar-refractivity contribution in [1.29, 1.82) is 0 Å². The van der Waals surface area contributed by atoms with Crippen molar-refractivity contribution < 1.29 is 14.6 Å².